The quantitative estimate of drug-likeness (QED) is 0.799. The van der Waals surface area contributed by atoms with Gasteiger partial charge in [-0.05, 0) is 18.2 Å². The van der Waals surface area contributed by atoms with Gasteiger partial charge in [0.2, 0.25) is 0 Å². The molecule has 0 amide bonds. The van der Waals surface area contributed by atoms with E-state index in [2.05, 4.69) is 4.98 Å². The lowest BCUT2D eigenvalue weighted by Crippen LogP contribution is -2.39. The molecular formula is C20H18N2O3. The molecule has 0 aliphatic carbocycles. The van der Waals surface area contributed by atoms with Gasteiger partial charge in [0.25, 0.3) is 5.56 Å². The Hall–Kier alpha value is -2.79. The predicted octanol–water partition coefficient (Wildman–Crippen LogP) is 2.55. The van der Waals surface area contributed by atoms with Gasteiger partial charge in [0, 0.05) is 12.0 Å². The van der Waals surface area contributed by atoms with Crippen LogP contribution in [0.2, 0.25) is 0 Å². The van der Waals surface area contributed by atoms with E-state index in [4.69, 9.17) is 0 Å². The molecular weight excluding hydrogens is 316 g/mol. The second kappa shape index (κ2) is 5.36. The number of ketones is 1. The third-order valence-corrected chi connectivity index (χ3v) is 5.13. The summed E-state index contributed by atoms with van der Waals surface area (Å²) in [6, 6.07) is 14.2. The molecule has 1 aromatic heterocycles. The van der Waals surface area contributed by atoms with E-state index in [0.29, 0.717) is 28.6 Å². The van der Waals surface area contributed by atoms with E-state index in [1.165, 1.54) is 4.57 Å². The number of fused-ring (bicyclic) bond motifs is 4. The fourth-order valence-corrected chi connectivity index (χ4v) is 3.69. The third-order valence-electron chi connectivity index (χ3n) is 5.13. The maximum atomic E-state index is 13.1. The lowest BCUT2D eigenvalue weighted by atomic mass is 9.80. The Bertz CT molecular complexity index is 1070. The molecule has 2 atom stereocenters. The van der Waals surface area contributed by atoms with E-state index in [-0.39, 0.29) is 17.2 Å². The number of carbonyl (C=O) groups is 1. The van der Waals surface area contributed by atoms with Crippen molar-refractivity contribution in [3.05, 3.63) is 70.3 Å². The van der Waals surface area contributed by atoms with E-state index >= 15 is 0 Å². The maximum Gasteiger partial charge on any atom is 0.266 e. The van der Waals surface area contributed by atoms with Gasteiger partial charge >= 0.3 is 0 Å². The monoisotopic (exact) mass is 334 g/mol. The molecule has 1 aliphatic rings. The van der Waals surface area contributed by atoms with Crippen LogP contribution in [0.1, 0.15) is 31.7 Å². The van der Waals surface area contributed by atoms with Gasteiger partial charge in [-0.25, -0.2) is 4.98 Å². The predicted molar refractivity (Wildman–Crippen MR) is 94.8 cm³/mol. The summed E-state index contributed by atoms with van der Waals surface area (Å²) in [5.41, 5.74) is -0.211. The summed E-state index contributed by atoms with van der Waals surface area (Å²) in [4.78, 5) is 30.0. The van der Waals surface area contributed by atoms with Gasteiger partial charge in [-0.1, -0.05) is 44.2 Å². The van der Waals surface area contributed by atoms with Crippen molar-refractivity contribution in [3.63, 3.8) is 0 Å². The zero-order chi connectivity index (χ0) is 17.8. The van der Waals surface area contributed by atoms with Gasteiger partial charge in [-0.15, -0.1) is 0 Å². The SMILES string of the molecule is CCC(=O)C(C)C1(O)c2ccccc2-n2c1nc1ccccc1c2=O. The van der Waals surface area contributed by atoms with Gasteiger partial charge in [0.05, 0.1) is 22.5 Å². The molecule has 0 radical (unpaired) electrons. The van der Waals surface area contributed by atoms with E-state index in [1.807, 2.05) is 6.07 Å². The molecule has 1 N–H and O–H groups in total. The van der Waals surface area contributed by atoms with Crippen LogP contribution < -0.4 is 5.56 Å². The first-order valence-electron chi connectivity index (χ1n) is 8.37. The number of para-hydroxylation sites is 2. The minimum atomic E-state index is -1.62. The summed E-state index contributed by atoms with van der Waals surface area (Å²) in [6.45, 7) is 3.46. The maximum absolute atomic E-state index is 13.1. The lowest BCUT2D eigenvalue weighted by Gasteiger charge is -2.29. The van der Waals surface area contributed by atoms with E-state index in [0.717, 1.165) is 0 Å². The van der Waals surface area contributed by atoms with Crippen molar-refractivity contribution in [2.75, 3.05) is 0 Å². The van der Waals surface area contributed by atoms with Crippen LogP contribution in [0.15, 0.2) is 53.3 Å². The summed E-state index contributed by atoms with van der Waals surface area (Å²) in [5.74, 6) is -0.569. The zero-order valence-electron chi connectivity index (χ0n) is 14.1. The second-order valence-electron chi connectivity index (χ2n) is 6.42. The molecule has 25 heavy (non-hydrogen) atoms. The van der Waals surface area contributed by atoms with Crippen LogP contribution >= 0.6 is 0 Å². The van der Waals surface area contributed by atoms with Crippen molar-refractivity contribution < 1.29 is 9.90 Å². The van der Waals surface area contributed by atoms with Crippen molar-refractivity contribution in [3.8, 4) is 5.69 Å². The molecule has 0 fully saturated rings. The van der Waals surface area contributed by atoms with E-state index < -0.39 is 11.5 Å². The number of hydrogen-bond acceptors (Lipinski definition) is 4. The molecule has 2 heterocycles. The number of nitrogens with zero attached hydrogens (tertiary/aromatic N) is 2. The van der Waals surface area contributed by atoms with Crippen molar-refractivity contribution in [2.24, 2.45) is 5.92 Å². The molecule has 4 rings (SSSR count). The van der Waals surface area contributed by atoms with Gasteiger partial charge in [-0.3, -0.25) is 14.2 Å². The first-order chi connectivity index (χ1) is 12.0. The standard InChI is InChI=1S/C20H18N2O3/c1-3-17(23)12(2)20(25)14-9-5-7-11-16(14)22-18(24)13-8-4-6-10-15(13)21-19(20)22/h4-12,25H,3H2,1-2H3. The summed E-state index contributed by atoms with van der Waals surface area (Å²) in [6.07, 6.45) is 0.309. The van der Waals surface area contributed by atoms with E-state index in [1.54, 1.807) is 56.3 Å². The van der Waals surface area contributed by atoms with Crippen LogP contribution in [-0.2, 0) is 10.4 Å². The Balaban J connectivity index is 2.14. The highest BCUT2D eigenvalue weighted by Crippen LogP contribution is 2.44. The summed E-state index contributed by atoms with van der Waals surface area (Å²) >= 11 is 0. The Morgan fingerprint density at radius 2 is 1.88 bits per heavy atom. The number of aromatic nitrogens is 2. The van der Waals surface area contributed by atoms with Crippen molar-refractivity contribution >= 4 is 16.7 Å². The van der Waals surface area contributed by atoms with Crippen LogP contribution in [0.25, 0.3) is 16.6 Å². The molecule has 5 nitrogen and oxygen atoms in total. The molecule has 1 aliphatic heterocycles. The number of hydrogen-bond donors (Lipinski definition) is 1. The summed E-state index contributed by atoms with van der Waals surface area (Å²) in [7, 11) is 0. The molecule has 3 aromatic rings. The van der Waals surface area contributed by atoms with Crippen molar-refractivity contribution in [2.45, 2.75) is 25.9 Å². The molecule has 5 heteroatoms. The minimum Gasteiger partial charge on any atom is -0.376 e. The zero-order valence-corrected chi connectivity index (χ0v) is 14.1. The fourth-order valence-electron chi connectivity index (χ4n) is 3.69. The van der Waals surface area contributed by atoms with Gasteiger partial charge in [-0.2, -0.15) is 0 Å². The number of carbonyl (C=O) groups excluding carboxylic acids is 1. The van der Waals surface area contributed by atoms with Crippen LogP contribution in [0, 0.1) is 5.92 Å². The number of rotatable bonds is 3. The lowest BCUT2D eigenvalue weighted by molar-refractivity contribution is -0.129. The fraction of sp³-hybridized carbons (Fsp3) is 0.250. The minimum absolute atomic E-state index is 0.0758. The van der Waals surface area contributed by atoms with Gasteiger partial charge < -0.3 is 5.11 Å². The van der Waals surface area contributed by atoms with Crippen LogP contribution in [-0.4, -0.2) is 20.4 Å². The molecule has 126 valence electrons. The second-order valence-corrected chi connectivity index (χ2v) is 6.42. The van der Waals surface area contributed by atoms with Crippen LogP contribution in [0.5, 0.6) is 0 Å². The van der Waals surface area contributed by atoms with Crippen LogP contribution in [0.4, 0.5) is 0 Å². The molecule has 0 spiro atoms. The highest BCUT2D eigenvalue weighted by molar-refractivity contribution is 5.84. The average Bonchev–Trinajstić information content (AvgIpc) is 2.91. The summed E-state index contributed by atoms with van der Waals surface area (Å²) in [5, 5.41) is 12.1. The number of aliphatic hydroxyl groups is 1. The smallest absolute Gasteiger partial charge is 0.266 e. The molecule has 2 unspecified atom stereocenters. The first kappa shape index (κ1) is 15.7. The highest BCUT2D eigenvalue weighted by atomic mass is 16.3. The average molecular weight is 334 g/mol. The normalized spacial score (nSPS) is 19.5. The van der Waals surface area contributed by atoms with Crippen molar-refractivity contribution in [1.29, 1.82) is 0 Å². The molecule has 0 bridgehead atoms. The summed E-state index contributed by atoms with van der Waals surface area (Å²) < 4.78 is 1.44. The topological polar surface area (TPSA) is 72.2 Å². The molecule has 2 aromatic carbocycles. The Morgan fingerprint density at radius 3 is 2.64 bits per heavy atom. The first-order valence-corrected chi connectivity index (χ1v) is 8.37. The van der Waals surface area contributed by atoms with Gasteiger partial charge in [0.15, 0.2) is 11.4 Å². The Morgan fingerprint density at radius 1 is 1.20 bits per heavy atom. The largest absolute Gasteiger partial charge is 0.376 e. The Labute approximate surface area is 144 Å². The number of benzene rings is 2. The Kier molecular flexibility index (Phi) is 3.37. The number of Topliss-reactive ketones (excluding diaryl/α,β-unsaturated/α-hetero) is 1. The third kappa shape index (κ3) is 1.96. The van der Waals surface area contributed by atoms with Gasteiger partial charge in [0.1, 0.15) is 5.78 Å². The van der Waals surface area contributed by atoms with E-state index in [9.17, 15) is 14.7 Å². The molecule has 0 saturated carbocycles. The van der Waals surface area contributed by atoms with Crippen LogP contribution in [0.3, 0.4) is 0 Å². The molecule has 0 saturated heterocycles. The van der Waals surface area contributed by atoms with Crippen molar-refractivity contribution in [1.82, 2.24) is 9.55 Å². The highest BCUT2D eigenvalue weighted by Gasteiger charge is 2.50.